The Kier molecular flexibility index (Phi) is 4.75. The largest absolute Gasteiger partial charge is 0.480 e. The minimum absolute atomic E-state index is 0.345. The van der Waals surface area contributed by atoms with Crippen LogP contribution in [0.25, 0.3) is 0 Å². The minimum atomic E-state index is -1.06. The van der Waals surface area contributed by atoms with Crippen LogP contribution in [0.4, 0.5) is 5.69 Å². The average molecular weight is 348 g/mol. The van der Waals surface area contributed by atoms with Gasteiger partial charge in [0.15, 0.2) is 0 Å². The molecule has 0 saturated carbocycles. The van der Waals surface area contributed by atoms with Crippen LogP contribution < -0.4 is 4.90 Å². The molecular formula is C16H14BrNO3. The number of hydrogen-bond donors (Lipinski definition) is 1. The second-order valence-corrected chi connectivity index (χ2v) is 5.55. The zero-order valence-corrected chi connectivity index (χ0v) is 13.0. The fourth-order valence-electron chi connectivity index (χ4n) is 1.92. The van der Waals surface area contributed by atoms with E-state index in [1.54, 1.807) is 30.3 Å². The summed E-state index contributed by atoms with van der Waals surface area (Å²) < 4.78 is 0.771. The Bertz CT molecular complexity index is 667. The Labute approximate surface area is 131 Å². The van der Waals surface area contributed by atoms with Crippen LogP contribution in [0.1, 0.15) is 15.9 Å². The van der Waals surface area contributed by atoms with Crippen LogP contribution in [0.2, 0.25) is 0 Å². The number of benzene rings is 2. The number of rotatable bonds is 4. The fraction of sp³-hybridized carbons (Fsp3) is 0.125. The van der Waals surface area contributed by atoms with Crippen LogP contribution in [-0.2, 0) is 4.79 Å². The molecule has 0 radical (unpaired) electrons. The molecule has 0 bridgehead atoms. The van der Waals surface area contributed by atoms with E-state index >= 15 is 0 Å². The lowest BCUT2D eigenvalue weighted by Gasteiger charge is -2.21. The Morgan fingerprint density at radius 3 is 2.38 bits per heavy atom. The molecule has 21 heavy (non-hydrogen) atoms. The molecule has 0 aliphatic heterocycles. The van der Waals surface area contributed by atoms with Crippen LogP contribution in [0.15, 0.2) is 53.0 Å². The van der Waals surface area contributed by atoms with E-state index in [2.05, 4.69) is 15.9 Å². The topological polar surface area (TPSA) is 57.6 Å². The number of carboxylic acid groups (broad SMARTS) is 1. The molecule has 0 spiro atoms. The van der Waals surface area contributed by atoms with Gasteiger partial charge in [0, 0.05) is 15.7 Å². The molecule has 0 heterocycles. The third-order valence-corrected chi connectivity index (χ3v) is 3.45. The molecule has 0 aromatic heterocycles. The molecule has 2 aromatic rings. The first kappa shape index (κ1) is 15.3. The number of halogens is 1. The highest BCUT2D eigenvalue weighted by atomic mass is 79.9. The molecule has 108 valence electrons. The number of nitrogens with zero attached hydrogens (tertiary/aromatic N) is 1. The van der Waals surface area contributed by atoms with E-state index in [9.17, 15) is 9.59 Å². The van der Waals surface area contributed by atoms with Gasteiger partial charge in [-0.3, -0.25) is 14.5 Å². The molecule has 0 aliphatic carbocycles. The van der Waals surface area contributed by atoms with Gasteiger partial charge in [-0.25, -0.2) is 0 Å². The molecule has 0 saturated heterocycles. The number of anilines is 1. The number of hydrogen-bond acceptors (Lipinski definition) is 2. The van der Waals surface area contributed by atoms with Crippen LogP contribution in [0.5, 0.6) is 0 Å². The van der Waals surface area contributed by atoms with E-state index in [1.807, 2.05) is 25.1 Å². The van der Waals surface area contributed by atoms with E-state index in [-0.39, 0.29) is 12.5 Å². The summed E-state index contributed by atoms with van der Waals surface area (Å²) in [6.45, 7) is 1.55. The molecule has 5 heteroatoms. The van der Waals surface area contributed by atoms with Crippen molar-refractivity contribution < 1.29 is 14.7 Å². The molecule has 1 amide bonds. The molecular weight excluding hydrogens is 334 g/mol. The highest BCUT2D eigenvalue weighted by molar-refractivity contribution is 9.10. The third-order valence-electron chi connectivity index (χ3n) is 2.96. The van der Waals surface area contributed by atoms with Crippen LogP contribution in [-0.4, -0.2) is 23.5 Å². The molecule has 2 rings (SSSR count). The molecule has 2 aromatic carbocycles. The number of carbonyl (C=O) groups is 2. The van der Waals surface area contributed by atoms with E-state index in [0.717, 1.165) is 10.0 Å². The second-order valence-electron chi connectivity index (χ2n) is 4.63. The van der Waals surface area contributed by atoms with Crippen molar-refractivity contribution in [3.8, 4) is 0 Å². The predicted molar refractivity (Wildman–Crippen MR) is 84.6 cm³/mol. The van der Waals surface area contributed by atoms with Crippen molar-refractivity contribution in [3.63, 3.8) is 0 Å². The molecule has 0 unspecified atom stereocenters. The number of amides is 1. The summed E-state index contributed by atoms with van der Waals surface area (Å²) in [4.78, 5) is 24.9. The van der Waals surface area contributed by atoms with Crippen molar-refractivity contribution >= 4 is 33.5 Å². The maximum Gasteiger partial charge on any atom is 0.323 e. The zero-order valence-electron chi connectivity index (χ0n) is 11.4. The molecule has 0 atom stereocenters. The Morgan fingerprint density at radius 2 is 1.81 bits per heavy atom. The quantitative estimate of drug-likeness (QED) is 0.920. The summed E-state index contributed by atoms with van der Waals surface area (Å²) in [5, 5.41) is 9.05. The van der Waals surface area contributed by atoms with E-state index in [1.165, 1.54) is 4.90 Å². The van der Waals surface area contributed by atoms with Gasteiger partial charge in [-0.1, -0.05) is 39.7 Å². The van der Waals surface area contributed by atoms with Gasteiger partial charge < -0.3 is 5.11 Å². The second kappa shape index (κ2) is 6.54. The number of aliphatic carboxylic acids is 1. The minimum Gasteiger partial charge on any atom is -0.480 e. The monoisotopic (exact) mass is 347 g/mol. The normalized spacial score (nSPS) is 10.2. The van der Waals surface area contributed by atoms with Gasteiger partial charge in [0.2, 0.25) is 0 Å². The summed E-state index contributed by atoms with van der Waals surface area (Å²) in [5.74, 6) is -1.40. The Hall–Kier alpha value is -2.14. The number of carbonyl (C=O) groups excluding carboxylic acids is 1. The van der Waals surface area contributed by atoms with Gasteiger partial charge in [-0.2, -0.15) is 0 Å². The summed E-state index contributed by atoms with van der Waals surface area (Å²) >= 11 is 3.31. The molecule has 4 nitrogen and oxygen atoms in total. The standard InChI is InChI=1S/C16H14BrNO3/c1-11-5-7-14(8-6-11)18(10-15(19)20)16(21)12-3-2-4-13(17)9-12/h2-9H,10H2,1H3,(H,19,20). The van der Waals surface area contributed by atoms with Gasteiger partial charge in [0.1, 0.15) is 6.54 Å². The highest BCUT2D eigenvalue weighted by Crippen LogP contribution is 2.20. The predicted octanol–water partition coefficient (Wildman–Crippen LogP) is 3.49. The smallest absolute Gasteiger partial charge is 0.323 e. The lowest BCUT2D eigenvalue weighted by atomic mass is 10.1. The Morgan fingerprint density at radius 1 is 1.14 bits per heavy atom. The summed E-state index contributed by atoms with van der Waals surface area (Å²) in [6.07, 6.45) is 0. The third kappa shape index (κ3) is 3.92. The first-order chi connectivity index (χ1) is 9.97. The first-order valence-corrected chi connectivity index (χ1v) is 7.12. The molecule has 0 fully saturated rings. The maximum absolute atomic E-state index is 12.6. The van der Waals surface area contributed by atoms with Crippen molar-refractivity contribution in [2.45, 2.75) is 6.92 Å². The lowest BCUT2D eigenvalue weighted by molar-refractivity contribution is -0.135. The lowest BCUT2D eigenvalue weighted by Crippen LogP contribution is -2.35. The summed E-state index contributed by atoms with van der Waals surface area (Å²) in [5.41, 5.74) is 2.04. The number of carboxylic acids is 1. The highest BCUT2D eigenvalue weighted by Gasteiger charge is 2.20. The van der Waals surface area contributed by atoms with Gasteiger partial charge >= 0.3 is 5.97 Å². The van der Waals surface area contributed by atoms with Crippen molar-refractivity contribution in [2.75, 3.05) is 11.4 Å². The van der Waals surface area contributed by atoms with Crippen molar-refractivity contribution in [1.29, 1.82) is 0 Å². The fourth-order valence-corrected chi connectivity index (χ4v) is 2.32. The van der Waals surface area contributed by atoms with Crippen molar-refractivity contribution in [3.05, 3.63) is 64.1 Å². The van der Waals surface area contributed by atoms with Gasteiger partial charge in [0.05, 0.1) is 0 Å². The maximum atomic E-state index is 12.6. The van der Waals surface area contributed by atoms with Crippen molar-refractivity contribution in [1.82, 2.24) is 0 Å². The van der Waals surface area contributed by atoms with Crippen molar-refractivity contribution in [2.24, 2.45) is 0 Å². The van der Waals surface area contributed by atoms with E-state index in [0.29, 0.717) is 11.3 Å². The van der Waals surface area contributed by atoms with Crippen LogP contribution in [0.3, 0.4) is 0 Å². The summed E-state index contributed by atoms with van der Waals surface area (Å²) in [6, 6.07) is 14.1. The summed E-state index contributed by atoms with van der Waals surface area (Å²) in [7, 11) is 0. The number of aryl methyl sites for hydroxylation is 1. The van der Waals surface area contributed by atoms with E-state index < -0.39 is 5.97 Å². The zero-order chi connectivity index (χ0) is 15.4. The van der Waals surface area contributed by atoms with Crippen LogP contribution >= 0.6 is 15.9 Å². The average Bonchev–Trinajstić information content (AvgIpc) is 2.45. The van der Waals surface area contributed by atoms with Crippen LogP contribution in [0, 0.1) is 6.92 Å². The van der Waals surface area contributed by atoms with Gasteiger partial charge in [-0.05, 0) is 37.3 Å². The molecule has 1 N–H and O–H groups in total. The van der Waals surface area contributed by atoms with E-state index in [4.69, 9.17) is 5.11 Å². The Balaban J connectivity index is 2.38. The van der Waals surface area contributed by atoms with Gasteiger partial charge in [-0.15, -0.1) is 0 Å². The molecule has 0 aliphatic rings. The first-order valence-electron chi connectivity index (χ1n) is 6.33. The van der Waals surface area contributed by atoms with Gasteiger partial charge in [0.25, 0.3) is 5.91 Å². The SMILES string of the molecule is Cc1ccc(N(CC(=O)O)C(=O)c2cccc(Br)c2)cc1.